The highest BCUT2D eigenvalue weighted by Gasteiger charge is 2.45. The number of ether oxygens (including phenoxy) is 1. The molecular weight excluding hydrogens is 443 g/mol. The van der Waals surface area contributed by atoms with E-state index in [2.05, 4.69) is 23.5 Å². The van der Waals surface area contributed by atoms with Gasteiger partial charge in [-0.3, -0.25) is 4.79 Å². The number of carbonyl (C=O) groups is 2. The highest BCUT2D eigenvalue weighted by atomic mass is 19.1. The van der Waals surface area contributed by atoms with Crippen LogP contribution in [-0.2, 0) is 16.0 Å². The van der Waals surface area contributed by atoms with Gasteiger partial charge in [0, 0.05) is 29.9 Å². The molecule has 35 heavy (non-hydrogen) atoms. The van der Waals surface area contributed by atoms with Crippen molar-refractivity contribution in [1.29, 1.82) is 0 Å². The summed E-state index contributed by atoms with van der Waals surface area (Å²) < 4.78 is 18.9. The first-order valence-corrected chi connectivity index (χ1v) is 11.9. The monoisotopic (exact) mass is 470 g/mol. The van der Waals surface area contributed by atoms with Gasteiger partial charge >= 0.3 is 5.97 Å². The molecule has 0 bridgehead atoms. The number of halogens is 1. The van der Waals surface area contributed by atoms with Crippen LogP contribution in [0.4, 0.5) is 10.1 Å². The normalized spacial score (nSPS) is 20.7. The lowest BCUT2D eigenvalue weighted by Gasteiger charge is -2.29. The van der Waals surface area contributed by atoms with E-state index in [4.69, 9.17) is 4.74 Å². The van der Waals surface area contributed by atoms with Crippen molar-refractivity contribution in [1.82, 2.24) is 4.90 Å². The maximum atomic E-state index is 13.5. The number of hydrogen-bond acceptors (Lipinski definition) is 4. The Morgan fingerprint density at radius 3 is 2.46 bits per heavy atom. The number of amides is 1. The summed E-state index contributed by atoms with van der Waals surface area (Å²) in [6.07, 6.45) is 2.36. The van der Waals surface area contributed by atoms with Crippen LogP contribution in [0, 0.1) is 11.7 Å². The molecule has 0 spiro atoms. The minimum absolute atomic E-state index is 0.0196. The third-order valence-electron chi connectivity index (χ3n) is 6.76. The number of nitrogens with one attached hydrogen (secondary N) is 1. The number of nitrogens with zero attached hydrogens (tertiary/aromatic N) is 1. The van der Waals surface area contributed by atoms with Crippen LogP contribution in [0.3, 0.4) is 0 Å². The lowest BCUT2D eigenvalue weighted by molar-refractivity contribution is -0.138. The van der Waals surface area contributed by atoms with Crippen LogP contribution in [0.2, 0.25) is 0 Å². The molecule has 0 saturated carbocycles. The smallest absolute Gasteiger partial charge is 0.337 e. The molecule has 0 fully saturated rings. The van der Waals surface area contributed by atoms with Crippen molar-refractivity contribution in [2.45, 2.75) is 25.3 Å². The molecule has 178 valence electrons. The van der Waals surface area contributed by atoms with Crippen molar-refractivity contribution in [3.63, 3.8) is 0 Å². The van der Waals surface area contributed by atoms with Gasteiger partial charge in [0.25, 0.3) is 5.91 Å². The molecule has 5 nitrogen and oxygen atoms in total. The fraction of sp³-hybridized carbons (Fsp3) is 0.241. The van der Waals surface area contributed by atoms with Gasteiger partial charge in [-0.15, -0.1) is 0 Å². The van der Waals surface area contributed by atoms with Crippen LogP contribution in [0.15, 0.2) is 90.6 Å². The van der Waals surface area contributed by atoms with E-state index in [-0.39, 0.29) is 30.4 Å². The Balaban J connectivity index is 1.59. The number of para-hydroxylation sites is 1. The van der Waals surface area contributed by atoms with E-state index in [1.54, 1.807) is 18.0 Å². The van der Waals surface area contributed by atoms with Crippen molar-refractivity contribution in [3.05, 3.63) is 113 Å². The van der Waals surface area contributed by atoms with Crippen molar-refractivity contribution >= 4 is 17.6 Å². The summed E-state index contributed by atoms with van der Waals surface area (Å²) in [6.45, 7) is 2.41. The lowest BCUT2D eigenvalue weighted by Crippen LogP contribution is -2.34. The summed E-state index contributed by atoms with van der Waals surface area (Å²) in [5.74, 6) is -1.14. The molecule has 6 heteroatoms. The van der Waals surface area contributed by atoms with Crippen LogP contribution >= 0.6 is 0 Å². The lowest BCUT2D eigenvalue weighted by atomic mass is 9.78. The zero-order valence-corrected chi connectivity index (χ0v) is 19.5. The van der Waals surface area contributed by atoms with Crippen LogP contribution < -0.4 is 5.32 Å². The second-order valence-electron chi connectivity index (χ2n) is 8.95. The van der Waals surface area contributed by atoms with Crippen LogP contribution in [-0.4, -0.2) is 36.0 Å². The molecule has 2 aliphatic rings. The Kier molecular flexibility index (Phi) is 6.36. The largest absolute Gasteiger partial charge is 0.463 e. The molecule has 3 unspecified atom stereocenters. The Bertz CT molecular complexity index is 1260. The SMILES string of the molecule is CCOC(=O)C1=CN(C(=O)c2ccc(F)cc2)CC(Cc2ccccc2)C2c3ccccc3NC12. The van der Waals surface area contributed by atoms with E-state index in [0.717, 1.165) is 23.2 Å². The summed E-state index contributed by atoms with van der Waals surface area (Å²) in [5, 5.41) is 3.53. The maximum Gasteiger partial charge on any atom is 0.337 e. The van der Waals surface area contributed by atoms with Gasteiger partial charge in [0.2, 0.25) is 0 Å². The molecule has 3 aromatic rings. The van der Waals surface area contributed by atoms with Crippen molar-refractivity contribution < 1.29 is 18.7 Å². The second-order valence-corrected chi connectivity index (χ2v) is 8.95. The number of fused-ring (bicyclic) bond motifs is 3. The molecule has 2 aliphatic heterocycles. The van der Waals surface area contributed by atoms with Gasteiger partial charge < -0.3 is 15.0 Å². The third kappa shape index (κ3) is 4.56. The maximum absolute atomic E-state index is 13.5. The number of benzene rings is 3. The Labute approximate surface area is 204 Å². The second kappa shape index (κ2) is 9.74. The van der Waals surface area contributed by atoms with Crippen LogP contribution in [0.25, 0.3) is 0 Å². The fourth-order valence-electron chi connectivity index (χ4n) is 5.22. The van der Waals surface area contributed by atoms with E-state index in [0.29, 0.717) is 17.7 Å². The Morgan fingerprint density at radius 1 is 1.00 bits per heavy atom. The summed E-state index contributed by atoms with van der Waals surface area (Å²) in [4.78, 5) is 28.3. The molecule has 3 atom stereocenters. The van der Waals surface area contributed by atoms with Gasteiger partial charge in [0.1, 0.15) is 5.82 Å². The number of hydrogen-bond donors (Lipinski definition) is 1. The topological polar surface area (TPSA) is 58.6 Å². The van der Waals surface area contributed by atoms with Gasteiger partial charge in [0.05, 0.1) is 18.2 Å². The first-order valence-electron chi connectivity index (χ1n) is 11.9. The highest BCUT2D eigenvalue weighted by molar-refractivity contribution is 5.97. The quantitative estimate of drug-likeness (QED) is 0.523. The Morgan fingerprint density at radius 2 is 1.71 bits per heavy atom. The fourth-order valence-corrected chi connectivity index (χ4v) is 5.22. The molecule has 3 aromatic carbocycles. The highest BCUT2D eigenvalue weighted by Crippen LogP contribution is 2.46. The van der Waals surface area contributed by atoms with Gasteiger partial charge in [0.15, 0.2) is 0 Å². The van der Waals surface area contributed by atoms with Gasteiger partial charge in [-0.25, -0.2) is 9.18 Å². The predicted molar refractivity (Wildman–Crippen MR) is 132 cm³/mol. The number of rotatable bonds is 5. The molecule has 1 N–H and O–H groups in total. The molecular formula is C29H27FN2O3. The first-order chi connectivity index (χ1) is 17.0. The van der Waals surface area contributed by atoms with E-state index in [9.17, 15) is 14.0 Å². The van der Waals surface area contributed by atoms with Crippen molar-refractivity contribution in [3.8, 4) is 0 Å². The van der Waals surface area contributed by atoms with E-state index >= 15 is 0 Å². The third-order valence-corrected chi connectivity index (χ3v) is 6.76. The zero-order chi connectivity index (χ0) is 24.4. The zero-order valence-electron chi connectivity index (χ0n) is 19.5. The number of carbonyl (C=O) groups excluding carboxylic acids is 2. The van der Waals surface area contributed by atoms with E-state index in [1.165, 1.54) is 24.3 Å². The van der Waals surface area contributed by atoms with Crippen molar-refractivity contribution in [2.24, 2.45) is 5.92 Å². The average molecular weight is 471 g/mol. The summed E-state index contributed by atoms with van der Waals surface area (Å²) in [5.41, 5.74) is 4.07. The molecule has 2 heterocycles. The number of anilines is 1. The molecule has 1 amide bonds. The predicted octanol–water partition coefficient (Wildman–Crippen LogP) is 5.17. The molecule has 0 aliphatic carbocycles. The van der Waals surface area contributed by atoms with Crippen molar-refractivity contribution in [2.75, 3.05) is 18.5 Å². The van der Waals surface area contributed by atoms with Crippen LogP contribution in [0.1, 0.15) is 34.3 Å². The molecule has 0 radical (unpaired) electrons. The molecule has 0 saturated heterocycles. The standard InChI is InChI=1S/C29H27FN2O3/c1-2-35-29(34)24-18-32(28(33)20-12-14-22(30)15-13-20)17-21(16-19-8-4-3-5-9-19)26-23-10-6-7-11-25(23)31-27(24)26/h3-15,18,21,26-27,31H,2,16-17H2,1H3. The summed E-state index contributed by atoms with van der Waals surface area (Å²) >= 11 is 0. The minimum Gasteiger partial charge on any atom is -0.463 e. The summed E-state index contributed by atoms with van der Waals surface area (Å²) in [6, 6.07) is 23.4. The van der Waals surface area contributed by atoms with Crippen LogP contribution in [0.5, 0.6) is 0 Å². The van der Waals surface area contributed by atoms with E-state index in [1.807, 2.05) is 36.4 Å². The summed E-state index contributed by atoms with van der Waals surface area (Å²) in [7, 11) is 0. The first kappa shape index (κ1) is 22.8. The molecule has 5 rings (SSSR count). The average Bonchev–Trinajstić information content (AvgIpc) is 3.18. The van der Waals surface area contributed by atoms with Gasteiger partial charge in [-0.2, -0.15) is 0 Å². The number of esters is 1. The molecule has 0 aromatic heterocycles. The van der Waals surface area contributed by atoms with Gasteiger partial charge in [-0.1, -0.05) is 48.5 Å². The van der Waals surface area contributed by atoms with E-state index < -0.39 is 11.8 Å². The minimum atomic E-state index is -0.444. The van der Waals surface area contributed by atoms with Gasteiger partial charge in [-0.05, 0) is 60.7 Å². The Hall–Kier alpha value is -3.93.